The summed E-state index contributed by atoms with van der Waals surface area (Å²) in [6, 6.07) is 8.07. The van der Waals surface area contributed by atoms with Crippen LogP contribution in [0.2, 0.25) is 0 Å². The fourth-order valence-electron chi connectivity index (χ4n) is 2.53. The van der Waals surface area contributed by atoms with Crippen molar-refractivity contribution in [1.82, 2.24) is 9.78 Å². The highest BCUT2D eigenvalue weighted by Crippen LogP contribution is 2.16. The molecular formula is C20H26N6. The lowest BCUT2D eigenvalue weighted by atomic mass is 10.1. The first-order valence-corrected chi connectivity index (χ1v) is 8.80. The highest BCUT2D eigenvalue weighted by atomic mass is 15.3. The van der Waals surface area contributed by atoms with Crippen LogP contribution in [-0.2, 0) is 0 Å². The van der Waals surface area contributed by atoms with Crippen molar-refractivity contribution in [1.29, 1.82) is 0 Å². The van der Waals surface area contributed by atoms with E-state index in [1.165, 1.54) is 12.8 Å². The van der Waals surface area contributed by atoms with E-state index in [1.807, 2.05) is 42.8 Å². The van der Waals surface area contributed by atoms with E-state index in [9.17, 15) is 0 Å². The Morgan fingerprint density at radius 2 is 1.88 bits per heavy atom. The van der Waals surface area contributed by atoms with Gasteiger partial charge >= 0.3 is 0 Å². The molecule has 0 amide bonds. The lowest BCUT2D eigenvalue weighted by molar-refractivity contribution is 0.737. The van der Waals surface area contributed by atoms with E-state index in [1.54, 1.807) is 6.20 Å². The summed E-state index contributed by atoms with van der Waals surface area (Å²) >= 11 is 0. The molecule has 0 aliphatic carbocycles. The van der Waals surface area contributed by atoms with Gasteiger partial charge < -0.3 is 11.5 Å². The minimum absolute atomic E-state index is 0.0687. The van der Waals surface area contributed by atoms with E-state index in [-0.39, 0.29) is 5.96 Å². The molecule has 0 saturated heterocycles. The fraction of sp³-hybridized carbons (Fsp3) is 0.350. The van der Waals surface area contributed by atoms with Gasteiger partial charge in [0.05, 0.1) is 23.3 Å². The van der Waals surface area contributed by atoms with Crippen LogP contribution in [-0.4, -0.2) is 21.5 Å². The molecule has 2 rings (SSSR count). The number of guanidine groups is 1. The van der Waals surface area contributed by atoms with Gasteiger partial charge in [0, 0.05) is 17.5 Å². The quantitative estimate of drug-likeness (QED) is 0.275. The van der Waals surface area contributed by atoms with Crippen molar-refractivity contribution in [3.8, 4) is 17.5 Å². The molecule has 1 aromatic carbocycles. The molecule has 0 spiro atoms. The first kappa shape index (κ1) is 19.3. The number of aromatic nitrogens is 2. The van der Waals surface area contributed by atoms with E-state index in [2.05, 4.69) is 34.1 Å². The summed E-state index contributed by atoms with van der Waals surface area (Å²) in [5, 5.41) is 12.2. The van der Waals surface area contributed by atoms with E-state index >= 15 is 0 Å². The Hall–Kier alpha value is -3.07. The molecule has 0 unspecified atom stereocenters. The van der Waals surface area contributed by atoms with Gasteiger partial charge in [0.1, 0.15) is 0 Å². The summed E-state index contributed by atoms with van der Waals surface area (Å²) in [6.07, 6.45) is 6.33. The average molecular weight is 350 g/mol. The maximum absolute atomic E-state index is 5.31. The van der Waals surface area contributed by atoms with E-state index in [4.69, 9.17) is 11.5 Å². The molecule has 0 aliphatic rings. The largest absolute Gasteiger partial charge is 0.369 e. The number of unbranched alkanes of at least 4 members (excludes halogenated alkanes) is 3. The molecule has 136 valence electrons. The Bertz CT molecular complexity index is 843. The number of nitrogens with zero attached hydrogens (tertiary/aromatic N) is 4. The number of rotatable bonds is 6. The highest BCUT2D eigenvalue weighted by molar-refractivity contribution is 5.99. The normalized spacial score (nSPS) is 11.0. The van der Waals surface area contributed by atoms with E-state index in [0.717, 1.165) is 35.3 Å². The van der Waals surface area contributed by atoms with Crippen LogP contribution in [0.1, 0.15) is 56.4 Å². The lowest BCUT2D eigenvalue weighted by Gasteiger charge is -2.05. The third-order valence-electron chi connectivity index (χ3n) is 3.96. The summed E-state index contributed by atoms with van der Waals surface area (Å²) in [6.45, 7) is 6.03. The average Bonchev–Trinajstić information content (AvgIpc) is 3.01. The molecule has 0 aliphatic heterocycles. The minimum atomic E-state index is -0.0687. The Kier molecular flexibility index (Phi) is 6.98. The maximum Gasteiger partial charge on any atom is 0.211 e. The fourth-order valence-corrected chi connectivity index (χ4v) is 2.53. The van der Waals surface area contributed by atoms with Crippen LogP contribution in [0.25, 0.3) is 5.69 Å². The standard InChI is InChI=1S/C20H26N6/c1-4-5-6-7-8-9-17-10-12-18(13-11-17)26-16(3)19(14-23-26)15(2)24-25-20(21)22/h10-14H,4-7H2,1-3H3,(H4,21,22,25)/b24-15+. The van der Waals surface area contributed by atoms with E-state index < -0.39 is 0 Å². The summed E-state index contributed by atoms with van der Waals surface area (Å²) in [5.41, 5.74) is 15.2. The molecule has 6 nitrogen and oxygen atoms in total. The predicted molar refractivity (Wildman–Crippen MR) is 107 cm³/mol. The van der Waals surface area contributed by atoms with Crippen molar-refractivity contribution in [3.05, 3.63) is 47.3 Å². The zero-order valence-electron chi connectivity index (χ0n) is 15.7. The van der Waals surface area contributed by atoms with Gasteiger partial charge in [-0.15, -0.1) is 5.10 Å². The van der Waals surface area contributed by atoms with Crippen molar-refractivity contribution in [2.24, 2.45) is 21.7 Å². The van der Waals surface area contributed by atoms with Crippen LogP contribution < -0.4 is 11.5 Å². The van der Waals surface area contributed by atoms with Gasteiger partial charge in [-0.2, -0.15) is 10.2 Å². The molecule has 1 aromatic heterocycles. The van der Waals surface area contributed by atoms with Crippen LogP contribution in [0.5, 0.6) is 0 Å². The first-order chi connectivity index (χ1) is 12.5. The zero-order chi connectivity index (χ0) is 18.9. The Morgan fingerprint density at radius 3 is 2.54 bits per heavy atom. The molecule has 1 heterocycles. The first-order valence-electron chi connectivity index (χ1n) is 8.80. The molecule has 2 aromatic rings. The Balaban J connectivity index is 2.15. The van der Waals surface area contributed by atoms with Crippen molar-refractivity contribution >= 4 is 11.7 Å². The summed E-state index contributed by atoms with van der Waals surface area (Å²) in [7, 11) is 0. The van der Waals surface area contributed by atoms with Gasteiger partial charge in [0.2, 0.25) is 5.96 Å². The predicted octanol–water partition coefficient (Wildman–Crippen LogP) is 3.11. The molecule has 6 heteroatoms. The number of benzene rings is 1. The smallest absolute Gasteiger partial charge is 0.211 e. The number of nitrogens with two attached hydrogens (primary N) is 2. The van der Waals surface area contributed by atoms with Crippen LogP contribution in [0.4, 0.5) is 0 Å². The van der Waals surface area contributed by atoms with Crippen LogP contribution >= 0.6 is 0 Å². The Labute approximate surface area is 155 Å². The van der Waals surface area contributed by atoms with Gasteiger partial charge in [-0.3, -0.25) is 0 Å². The van der Waals surface area contributed by atoms with E-state index in [0.29, 0.717) is 5.71 Å². The second-order valence-corrected chi connectivity index (χ2v) is 6.07. The van der Waals surface area contributed by atoms with Gasteiger partial charge in [-0.25, -0.2) is 4.68 Å². The highest BCUT2D eigenvalue weighted by Gasteiger charge is 2.10. The summed E-state index contributed by atoms with van der Waals surface area (Å²) in [5.74, 6) is 6.37. The van der Waals surface area contributed by atoms with Gasteiger partial charge in [-0.05, 0) is 44.5 Å². The minimum Gasteiger partial charge on any atom is -0.369 e. The van der Waals surface area contributed by atoms with Gasteiger partial charge in [0.15, 0.2) is 0 Å². The van der Waals surface area contributed by atoms with Gasteiger partial charge in [0.25, 0.3) is 0 Å². The molecule has 26 heavy (non-hydrogen) atoms. The van der Waals surface area contributed by atoms with Crippen molar-refractivity contribution < 1.29 is 0 Å². The summed E-state index contributed by atoms with van der Waals surface area (Å²) in [4.78, 5) is 0. The van der Waals surface area contributed by atoms with Crippen LogP contribution in [0, 0.1) is 18.8 Å². The molecule has 4 N–H and O–H groups in total. The molecule has 0 atom stereocenters. The molecule has 0 fully saturated rings. The second-order valence-electron chi connectivity index (χ2n) is 6.07. The third-order valence-corrected chi connectivity index (χ3v) is 3.96. The lowest BCUT2D eigenvalue weighted by Crippen LogP contribution is -2.22. The monoisotopic (exact) mass is 350 g/mol. The second kappa shape index (κ2) is 9.42. The molecule has 0 saturated carbocycles. The van der Waals surface area contributed by atoms with Gasteiger partial charge in [-0.1, -0.05) is 31.6 Å². The number of hydrogen-bond acceptors (Lipinski definition) is 3. The van der Waals surface area contributed by atoms with Crippen molar-refractivity contribution in [3.63, 3.8) is 0 Å². The van der Waals surface area contributed by atoms with Crippen LogP contribution in [0.15, 0.2) is 40.7 Å². The molecular weight excluding hydrogens is 324 g/mol. The topological polar surface area (TPSA) is 94.6 Å². The molecule has 0 bridgehead atoms. The van der Waals surface area contributed by atoms with Crippen molar-refractivity contribution in [2.45, 2.75) is 46.5 Å². The maximum atomic E-state index is 5.31. The van der Waals surface area contributed by atoms with Crippen molar-refractivity contribution in [2.75, 3.05) is 0 Å². The van der Waals surface area contributed by atoms with Crippen LogP contribution in [0.3, 0.4) is 0 Å². The number of hydrogen-bond donors (Lipinski definition) is 2. The Morgan fingerprint density at radius 1 is 1.15 bits per heavy atom. The SMILES string of the molecule is CCCCCC#Cc1ccc(-n2ncc(/C(C)=N/N=C(N)N)c2C)cc1. The third kappa shape index (κ3) is 5.21. The molecule has 0 radical (unpaired) electrons. The zero-order valence-corrected chi connectivity index (χ0v) is 15.7. The summed E-state index contributed by atoms with van der Waals surface area (Å²) < 4.78 is 1.86.